The molecule has 3 aromatic carbocycles. The van der Waals surface area contributed by atoms with Crippen LogP contribution in [-0.4, -0.2) is 21.2 Å². The fraction of sp³-hybridized carbons (Fsp3) is 0.138. The molecule has 1 fully saturated rings. The van der Waals surface area contributed by atoms with Crippen LogP contribution in [0.4, 0.5) is 0 Å². The molecule has 7 nitrogen and oxygen atoms in total. The highest BCUT2D eigenvalue weighted by Gasteiger charge is 2.33. The number of carboxylic acid groups (broad SMARTS) is 1. The zero-order chi connectivity index (χ0) is 26.2. The highest BCUT2D eigenvalue weighted by atomic mass is 35.5. The topological polar surface area (TPSA) is 94.7 Å². The summed E-state index contributed by atoms with van der Waals surface area (Å²) in [4.78, 5) is 15.1. The smallest absolute Gasteiger partial charge is 0.337 e. The highest BCUT2D eigenvalue weighted by molar-refractivity contribution is 6.39. The maximum Gasteiger partial charge on any atom is 0.337 e. The Kier molecular flexibility index (Phi) is 6.39. The number of ether oxygens (including phenoxy) is 2. The molecule has 38 heavy (non-hydrogen) atoms. The van der Waals surface area contributed by atoms with E-state index in [0.29, 0.717) is 44.5 Å². The van der Waals surface area contributed by atoms with E-state index in [1.807, 2.05) is 36.4 Å². The number of benzene rings is 3. The molecule has 0 atom stereocenters. The first-order chi connectivity index (χ1) is 18.5. The molecule has 1 N–H and O–H groups in total. The summed E-state index contributed by atoms with van der Waals surface area (Å²) in [6, 6.07) is 18.1. The van der Waals surface area contributed by atoms with Crippen molar-refractivity contribution in [3.8, 4) is 28.5 Å². The molecule has 5 aromatic rings. The quantitative estimate of drug-likeness (QED) is 0.210. The van der Waals surface area contributed by atoms with Crippen LogP contribution in [0.2, 0.25) is 10.0 Å². The predicted molar refractivity (Wildman–Crippen MR) is 143 cm³/mol. The Balaban J connectivity index is 1.23. The molecule has 1 saturated carbocycles. The van der Waals surface area contributed by atoms with Gasteiger partial charge in [-0.2, -0.15) is 0 Å². The van der Waals surface area contributed by atoms with Crippen molar-refractivity contribution < 1.29 is 23.9 Å². The minimum Gasteiger partial charge on any atom is -0.489 e. The molecular formula is C29H20Cl2N2O5. The average Bonchev–Trinajstić information content (AvgIpc) is 3.67. The van der Waals surface area contributed by atoms with Gasteiger partial charge in [0.2, 0.25) is 0 Å². The van der Waals surface area contributed by atoms with E-state index < -0.39 is 5.97 Å². The number of carbonyl (C=O) groups is 1. The minimum absolute atomic E-state index is 0.0581. The Morgan fingerprint density at radius 3 is 2.37 bits per heavy atom. The standard InChI is InChI=1S/C29H20Cl2N2O5/c30-24-2-1-3-25(31)26(24)27-23(28(38-33-27)16-4-5-16)15-36-20-8-6-18-11-21(9-7-17(18)10-20)37-22-12-19(29(34)35)13-32-14-22/h1-3,6-14,16H,4-5,15H2,(H,34,35). The molecule has 0 bridgehead atoms. The van der Waals surface area contributed by atoms with E-state index in [2.05, 4.69) is 10.1 Å². The normalized spacial score (nSPS) is 13.0. The van der Waals surface area contributed by atoms with E-state index in [9.17, 15) is 4.79 Å². The van der Waals surface area contributed by atoms with E-state index in [-0.39, 0.29) is 12.2 Å². The van der Waals surface area contributed by atoms with E-state index >= 15 is 0 Å². The second-order valence-electron chi connectivity index (χ2n) is 9.02. The van der Waals surface area contributed by atoms with Gasteiger partial charge in [-0.15, -0.1) is 0 Å². The van der Waals surface area contributed by atoms with Gasteiger partial charge < -0.3 is 19.1 Å². The molecule has 0 aliphatic heterocycles. The second-order valence-corrected chi connectivity index (χ2v) is 9.84. The summed E-state index contributed by atoms with van der Waals surface area (Å²) in [5.74, 6) is 1.68. The van der Waals surface area contributed by atoms with E-state index in [1.165, 1.54) is 18.5 Å². The summed E-state index contributed by atoms with van der Waals surface area (Å²) in [5.41, 5.74) is 2.15. The number of hydrogen-bond acceptors (Lipinski definition) is 6. The molecule has 0 unspecified atom stereocenters. The molecule has 1 aliphatic carbocycles. The van der Waals surface area contributed by atoms with Gasteiger partial charge in [-0.25, -0.2) is 4.79 Å². The summed E-state index contributed by atoms with van der Waals surface area (Å²) >= 11 is 12.9. The second kappa shape index (κ2) is 10.0. The van der Waals surface area contributed by atoms with Crippen molar-refractivity contribution >= 4 is 39.9 Å². The van der Waals surface area contributed by atoms with E-state index in [0.717, 1.165) is 34.9 Å². The highest BCUT2D eigenvalue weighted by Crippen LogP contribution is 2.46. The van der Waals surface area contributed by atoms with Gasteiger partial charge >= 0.3 is 5.97 Å². The maximum absolute atomic E-state index is 11.2. The van der Waals surface area contributed by atoms with E-state index in [4.69, 9.17) is 42.3 Å². The number of carboxylic acids is 1. The Morgan fingerprint density at radius 2 is 1.66 bits per heavy atom. The van der Waals surface area contributed by atoms with Gasteiger partial charge in [-0.05, 0) is 66.1 Å². The molecule has 0 amide bonds. The van der Waals surface area contributed by atoms with Crippen molar-refractivity contribution in [2.24, 2.45) is 0 Å². The summed E-state index contributed by atoms with van der Waals surface area (Å²) in [6.45, 7) is 0.256. The van der Waals surface area contributed by atoms with Crippen LogP contribution in [0.5, 0.6) is 17.2 Å². The van der Waals surface area contributed by atoms with Gasteiger partial charge in [0.15, 0.2) is 0 Å². The monoisotopic (exact) mass is 546 g/mol. The Bertz CT molecular complexity index is 1660. The molecule has 0 spiro atoms. The van der Waals surface area contributed by atoms with Crippen LogP contribution in [0.25, 0.3) is 22.0 Å². The lowest BCUT2D eigenvalue weighted by Gasteiger charge is -2.11. The fourth-order valence-corrected chi connectivity index (χ4v) is 4.86. The van der Waals surface area contributed by atoms with Crippen molar-refractivity contribution in [3.63, 3.8) is 0 Å². The van der Waals surface area contributed by atoms with Gasteiger partial charge in [0.25, 0.3) is 0 Å². The van der Waals surface area contributed by atoms with Gasteiger partial charge in [-0.1, -0.05) is 46.6 Å². The van der Waals surface area contributed by atoms with Crippen LogP contribution in [0, 0.1) is 0 Å². The molecule has 190 valence electrons. The Hall–Kier alpha value is -4.07. The van der Waals surface area contributed by atoms with Gasteiger partial charge in [0.1, 0.15) is 35.3 Å². The predicted octanol–water partition coefficient (Wildman–Crippen LogP) is 8.14. The van der Waals surface area contributed by atoms with Crippen molar-refractivity contribution in [2.75, 3.05) is 0 Å². The number of aromatic carboxylic acids is 1. The van der Waals surface area contributed by atoms with Crippen LogP contribution < -0.4 is 9.47 Å². The number of fused-ring (bicyclic) bond motifs is 1. The first-order valence-corrected chi connectivity index (χ1v) is 12.7. The van der Waals surface area contributed by atoms with Crippen LogP contribution >= 0.6 is 23.2 Å². The van der Waals surface area contributed by atoms with Crippen LogP contribution in [0.1, 0.15) is 40.4 Å². The fourth-order valence-electron chi connectivity index (χ4n) is 4.29. The third-order valence-electron chi connectivity index (χ3n) is 6.33. The SMILES string of the molecule is O=C(O)c1cncc(Oc2ccc3cc(OCc4c(-c5c(Cl)cccc5Cl)noc4C4CC4)ccc3c2)c1. The lowest BCUT2D eigenvalue weighted by Crippen LogP contribution is -2.00. The van der Waals surface area contributed by atoms with Gasteiger partial charge in [0.05, 0.1) is 27.4 Å². The number of rotatable bonds is 8. The van der Waals surface area contributed by atoms with Crippen LogP contribution in [-0.2, 0) is 6.61 Å². The number of pyridine rings is 1. The number of halogens is 2. The first-order valence-electron chi connectivity index (χ1n) is 11.9. The number of nitrogens with zero attached hydrogens (tertiary/aromatic N) is 2. The van der Waals surface area contributed by atoms with Crippen LogP contribution in [0.3, 0.4) is 0 Å². The van der Waals surface area contributed by atoms with Crippen molar-refractivity contribution in [2.45, 2.75) is 25.4 Å². The van der Waals surface area contributed by atoms with Gasteiger partial charge in [0, 0.05) is 17.7 Å². The number of hydrogen-bond donors (Lipinski definition) is 1. The summed E-state index contributed by atoms with van der Waals surface area (Å²) < 4.78 is 17.8. The molecule has 1 aliphatic rings. The molecule has 0 radical (unpaired) electrons. The molecule has 9 heteroatoms. The largest absolute Gasteiger partial charge is 0.489 e. The Labute approximate surface area is 227 Å². The third kappa shape index (κ3) is 4.90. The van der Waals surface area contributed by atoms with E-state index in [1.54, 1.807) is 18.2 Å². The van der Waals surface area contributed by atoms with Crippen molar-refractivity contribution in [1.29, 1.82) is 0 Å². The summed E-state index contributed by atoms with van der Waals surface area (Å²) in [6.07, 6.45) is 4.85. The third-order valence-corrected chi connectivity index (χ3v) is 6.96. The lowest BCUT2D eigenvalue weighted by molar-refractivity contribution is 0.0696. The summed E-state index contributed by atoms with van der Waals surface area (Å²) in [7, 11) is 0. The molecular weight excluding hydrogens is 527 g/mol. The Morgan fingerprint density at radius 1 is 0.947 bits per heavy atom. The molecule has 2 heterocycles. The first kappa shape index (κ1) is 24.3. The average molecular weight is 547 g/mol. The number of aromatic nitrogens is 2. The summed E-state index contributed by atoms with van der Waals surface area (Å²) in [5, 5.41) is 16.4. The van der Waals surface area contributed by atoms with Crippen molar-refractivity contribution in [1.82, 2.24) is 10.1 Å². The molecule has 2 aromatic heterocycles. The molecule has 6 rings (SSSR count). The van der Waals surface area contributed by atoms with Gasteiger partial charge in [-0.3, -0.25) is 4.98 Å². The maximum atomic E-state index is 11.2. The lowest BCUT2D eigenvalue weighted by atomic mass is 10.0. The van der Waals surface area contributed by atoms with Crippen molar-refractivity contribution in [3.05, 3.63) is 100.0 Å². The zero-order valence-corrected chi connectivity index (χ0v) is 21.4. The zero-order valence-electron chi connectivity index (χ0n) is 19.9. The molecule has 0 saturated heterocycles. The van der Waals surface area contributed by atoms with Crippen LogP contribution in [0.15, 0.2) is 77.6 Å². The minimum atomic E-state index is -1.06.